The first kappa shape index (κ1) is 32.6. The molecule has 0 saturated carbocycles. The molecule has 0 aromatic heterocycles. The number of hydrogen-bond donors (Lipinski definition) is 6. The second-order valence-electron chi connectivity index (χ2n) is 10.1. The predicted molar refractivity (Wildman–Crippen MR) is 165 cm³/mol. The number of nitrogens with one attached hydrogen (secondary N) is 3. The molecular formula is C29H34ClN3O8S2. The topological polar surface area (TPSA) is 174 Å². The summed E-state index contributed by atoms with van der Waals surface area (Å²) in [5.41, 5.74) is 0.894. The van der Waals surface area contributed by atoms with E-state index in [1.165, 1.54) is 24.3 Å². The number of aromatic hydroxyl groups is 1. The molecule has 43 heavy (non-hydrogen) atoms. The van der Waals surface area contributed by atoms with Crippen molar-refractivity contribution in [3.63, 3.8) is 0 Å². The van der Waals surface area contributed by atoms with Crippen LogP contribution < -0.4 is 19.5 Å². The minimum atomic E-state index is -4.04. The number of carbonyl (C=O) groups excluding carboxylic acids is 2. The number of amides is 2. The highest BCUT2D eigenvalue weighted by Crippen LogP contribution is 2.57. The first-order valence-electron chi connectivity index (χ1n) is 13.6. The lowest BCUT2D eigenvalue weighted by Gasteiger charge is -2.33. The molecule has 11 nitrogen and oxygen atoms in total. The van der Waals surface area contributed by atoms with Gasteiger partial charge in [-0.15, -0.1) is 10.8 Å². The van der Waals surface area contributed by atoms with E-state index in [-0.39, 0.29) is 28.5 Å². The zero-order valence-corrected chi connectivity index (χ0v) is 25.5. The Balaban J connectivity index is 1.38. The van der Waals surface area contributed by atoms with Crippen molar-refractivity contribution in [1.29, 1.82) is 0 Å². The number of phenols is 1. The van der Waals surface area contributed by atoms with Crippen LogP contribution in [0.1, 0.15) is 42.1 Å². The molecular weight excluding hydrogens is 618 g/mol. The lowest BCUT2D eigenvalue weighted by Crippen LogP contribution is -2.48. The maximum Gasteiger partial charge on any atom is 0.241 e. The lowest BCUT2D eigenvalue weighted by atomic mass is 10.0. The molecule has 14 heteroatoms. The van der Waals surface area contributed by atoms with Crippen molar-refractivity contribution < 1.29 is 37.0 Å². The summed E-state index contributed by atoms with van der Waals surface area (Å²) in [5, 5.41) is 11.6. The Hall–Kier alpha value is -3.33. The zero-order chi connectivity index (χ0) is 31.0. The van der Waals surface area contributed by atoms with Gasteiger partial charge in [0.15, 0.2) is 0 Å². The van der Waals surface area contributed by atoms with Crippen LogP contribution in [0.2, 0.25) is 5.02 Å². The van der Waals surface area contributed by atoms with E-state index in [4.69, 9.17) is 16.3 Å². The molecule has 0 spiro atoms. The minimum Gasteiger partial charge on any atom is -0.508 e. The van der Waals surface area contributed by atoms with Crippen LogP contribution in [0.15, 0.2) is 77.7 Å². The molecule has 232 valence electrons. The van der Waals surface area contributed by atoms with Crippen molar-refractivity contribution in [1.82, 2.24) is 14.8 Å². The fourth-order valence-corrected chi connectivity index (χ4v) is 7.71. The summed E-state index contributed by atoms with van der Waals surface area (Å²) in [4.78, 5) is 25.0. The quantitative estimate of drug-likeness (QED) is 0.138. The van der Waals surface area contributed by atoms with E-state index in [9.17, 15) is 32.2 Å². The number of ether oxygens (including phenoxy) is 1. The Morgan fingerprint density at radius 2 is 1.81 bits per heavy atom. The predicted octanol–water partition coefficient (Wildman–Crippen LogP) is 4.53. The molecule has 1 aliphatic rings. The smallest absolute Gasteiger partial charge is 0.241 e. The summed E-state index contributed by atoms with van der Waals surface area (Å²) in [6, 6.07) is 17.7. The van der Waals surface area contributed by atoms with E-state index in [0.29, 0.717) is 42.9 Å². The molecule has 0 radical (unpaired) electrons. The molecule has 0 bridgehead atoms. The van der Waals surface area contributed by atoms with Crippen LogP contribution in [-0.2, 0) is 26.0 Å². The van der Waals surface area contributed by atoms with Gasteiger partial charge < -0.3 is 15.2 Å². The number of phenolic OH excluding ortho intramolecular Hbond substituents is 1. The van der Waals surface area contributed by atoms with Crippen molar-refractivity contribution in [3.05, 3.63) is 88.9 Å². The van der Waals surface area contributed by atoms with Gasteiger partial charge in [0.1, 0.15) is 22.8 Å². The van der Waals surface area contributed by atoms with E-state index in [0.717, 1.165) is 6.42 Å². The highest BCUT2D eigenvalue weighted by Gasteiger charge is 2.39. The van der Waals surface area contributed by atoms with Crippen LogP contribution in [-0.4, -0.2) is 53.6 Å². The molecule has 1 saturated heterocycles. The van der Waals surface area contributed by atoms with Crippen molar-refractivity contribution in [2.45, 2.75) is 48.3 Å². The maximum absolute atomic E-state index is 13.2. The molecule has 2 unspecified atom stereocenters. The maximum atomic E-state index is 13.2. The van der Waals surface area contributed by atoms with Crippen LogP contribution in [0.4, 0.5) is 0 Å². The second-order valence-corrected chi connectivity index (χ2v) is 14.1. The molecule has 6 N–H and O–H groups in total. The van der Waals surface area contributed by atoms with Crippen LogP contribution in [0.3, 0.4) is 0 Å². The Morgan fingerprint density at radius 1 is 1.05 bits per heavy atom. The minimum absolute atomic E-state index is 0.0107. The molecule has 1 fully saturated rings. The number of rotatable bonds is 14. The van der Waals surface area contributed by atoms with Crippen LogP contribution in [0.5, 0.6) is 11.5 Å². The monoisotopic (exact) mass is 651 g/mol. The molecule has 1 aliphatic heterocycles. The SMILES string of the molecule is O=C1CC(c2ccc(CC(NS(=O)(=O)c3ccccc3)C(=O)NCCCCCOc3cccc(O)c3)cc2Cl)S(O)(O)N1. The van der Waals surface area contributed by atoms with Gasteiger partial charge in [-0.25, -0.2) is 8.42 Å². The fourth-order valence-electron chi connectivity index (χ4n) is 4.59. The first-order chi connectivity index (χ1) is 20.4. The van der Waals surface area contributed by atoms with Gasteiger partial charge >= 0.3 is 0 Å². The van der Waals surface area contributed by atoms with Gasteiger partial charge in [-0.1, -0.05) is 48.0 Å². The number of benzene rings is 3. The zero-order valence-electron chi connectivity index (χ0n) is 23.1. The van der Waals surface area contributed by atoms with E-state index >= 15 is 0 Å². The summed E-state index contributed by atoms with van der Waals surface area (Å²) >= 11 is 6.46. The molecule has 2 atom stereocenters. The van der Waals surface area contributed by atoms with Crippen molar-refractivity contribution >= 4 is 44.2 Å². The van der Waals surface area contributed by atoms with Gasteiger partial charge in [0.05, 0.1) is 17.9 Å². The van der Waals surface area contributed by atoms with Crippen LogP contribution >= 0.6 is 22.4 Å². The molecule has 4 rings (SSSR count). The number of sulfonamides is 1. The van der Waals surface area contributed by atoms with Gasteiger partial charge in [0.2, 0.25) is 21.8 Å². The highest BCUT2D eigenvalue weighted by molar-refractivity contribution is 8.23. The summed E-state index contributed by atoms with van der Waals surface area (Å²) < 4.78 is 56.9. The molecule has 1 heterocycles. The lowest BCUT2D eigenvalue weighted by molar-refractivity contribution is -0.122. The summed E-state index contributed by atoms with van der Waals surface area (Å²) in [5.74, 6) is -0.329. The standard InChI is InChI=1S/C29H34ClN3O8S2/c30-25-16-20(12-13-24(25)27-19-28(35)33-43(27,39)40)17-26(32-42(37,38)23-10-3-1-4-11-23)29(36)31-14-5-2-6-15-41-22-9-7-8-21(34)18-22/h1,3-4,7-13,16,18,26-27,32,34,39-40H,2,5-6,14-15,17,19H2,(H,31,36)(H,33,35). The fraction of sp³-hybridized carbons (Fsp3) is 0.310. The Labute approximate surface area is 257 Å². The highest BCUT2D eigenvalue weighted by atomic mass is 35.5. The second kappa shape index (κ2) is 14.4. The molecule has 2 amide bonds. The number of halogens is 1. The van der Waals surface area contributed by atoms with E-state index in [1.807, 2.05) is 0 Å². The average molecular weight is 652 g/mol. The normalized spacial score (nSPS) is 17.6. The van der Waals surface area contributed by atoms with E-state index in [1.54, 1.807) is 48.5 Å². The van der Waals surface area contributed by atoms with Gasteiger partial charge in [0, 0.05) is 17.6 Å². The molecule has 3 aromatic rings. The van der Waals surface area contributed by atoms with Crippen LogP contribution in [0, 0.1) is 0 Å². The first-order valence-corrected chi connectivity index (χ1v) is 17.0. The number of hydrogen-bond acceptors (Lipinski definition) is 8. The van der Waals surface area contributed by atoms with Crippen LogP contribution in [0.25, 0.3) is 0 Å². The molecule has 0 aliphatic carbocycles. The van der Waals surface area contributed by atoms with Crippen molar-refractivity contribution in [2.24, 2.45) is 0 Å². The van der Waals surface area contributed by atoms with Gasteiger partial charge in [-0.3, -0.25) is 23.4 Å². The summed E-state index contributed by atoms with van der Waals surface area (Å²) in [7, 11) is -7.44. The van der Waals surface area contributed by atoms with Gasteiger partial charge in [0.25, 0.3) is 0 Å². The average Bonchev–Trinajstić information content (AvgIpc) is 3.23. The van der Waals surface area contributed by atoms with Gasteiger partial charge in [-0.05, 0) is 67.1 Å². The largest absolute Gasteiger partial charge is 0.508 e. The Kier molecular flexibility index (Phi) is 10.9. The van der Waals surface area contributed by atoms with Crippen molar-refractivity contribution in [2.75, 3.05) is 13.2 Å². The van der Waals surface area contributed by atoms with Gasteiger partial charge in [-0.2, -0.15) is 4.72 Å². The number of unbranched alkanes of at least 4 members (excludes halogenated alkanes) is 2. The summed E-state index contributed by atoms with van der Waals surface area (Å²) in [6.45, 7) is 0.753. The Bertz CT molecular complexity index is 1540. The third kappa shape index (κ3) is 9.08. The number of carbonyl (C=O) groups is 2. The molecule has 3 aromatic carbocycles. The third-order valence-corrected chi connectivity index (χ3v) is 10.3. The summed E-state index contributed by atoms with van der Waals surface area (Å²) in [6.07, 6.45) is 1.93. The van der Waals surface area contributed by atoms with E-state index < -0.39 is 43.9 Å². The third-order valence-electron chi connectivity index (χ3n) is 6.76. The van der Waals surface area contributed by atoms with E-state index in [2.05, 4.69) is 14.8 Å². The Morgan fingerprint density at radius 3 is 2.49 bits per heavy atom. The van der Waals surface area contributed by atoms with Crippen molar-refractivity contribution in [3.8, 4) is 11.5 Å².